The van der Waals surface area contributed by atoms with Crippen LogP contribution < -0.4 is 10.1 Å². The van der Waals surface area contributed by atoms with Gasteiger partial charge in [0.2, 0.25) is 0 Å². The molecule has 2 N–H and O–H groups in total. The van der Waals surface area contributed by atoms with Gasteiger partial charge in [0.1, 0.15) is 12.4 Å². The number of benzene rings is 2. The smallest absolute Gasteiger partial charge is 0.279 e. The SMILES string of the molecule is Cn1nc(C(C)(C)C)cc1C(=NO)C(=O)Nc1ccc(OCCN2CCOCC2)c2ccccc12. The van der Waals surface area contributed by atoms with Crippen molar-refractivity contribution in [2.75, 3.05) is 44.8 Å². The van der Waals surface area contributed by atoms with Crippen LogP contribution in [0.2, 0.25) is 0 Å². The molecule has 9 nitrogen and oxygen atoms in total. The lowest BCUT2D eigenvalue weighted by Crippen LogP contribution is -2.38. The molecule has 1 amide bonds. The van der Waals surface area contributed by atoms with Gasteiger partial charge in [-0.05, 0) is 18.2 Å². The minimum atomic E-state index is -0.526. The highest BCUT2D eigenvalue weighted by molar-refractivity contribution is 6.48. The standard InChI is InChI=1S/C26H33N5O4/c1-26(2,3)23-17-21(30(4)28-23)24(29-33)25(32)27-20-9-10-22(19-8-6-5-7-18(19)20)35-16-13-31-11-14-34-15-12-31/h5-10,17,33H,11-16H2,1-4H3,(H,27,32). The maximum absolute atomic E-state index is 13.1. The number of oxime groups is 1. The normalized spacial score (nSPS) is 15.4. The molecule has 0 aliphatic carbocycles. The van der Waals surface area contributed by atoms with Gasteiger partial charge in [0.15, 0.2) is 5.71 Å². The van der Waals surface area contributed by atoms with Gasteiger partial charge in [0.05, 0.1) is 24.6 Å². The predicted octanol–water partition coefficient (Wildman–Crippen LogP) is 3.40. The minimum absolute atomic E-state index is 0.106. The van der Waals surface area contributed by atoms with E-state index in [4.69, 9.17) is 9.47 Å². The highest BCUT2D eigenvalue weighted by Crippen LogP contribution is 2.32. The van der Waals surface area contributed by atoms with Crippen molar-refractivity contribution >= 4 is 28.1 Å². The minimum Gasteiger partial charge on any atom is -0.492 e. The van der Waals surface area contributed by atoms with E-state index < -0.39 is 5.91 Å². The number of aromatic nitrogens is 2. The van der Waals surface area contributed by atoms with E-state index in [1.54, 1.807) is 17.8 Å². The number of rotatable bonds is 7. The maximum atomic E-state index is 13.1. The first-order chi connectivity index (χ1) is 16.8. The lowest BCUT2D eigenvalue weighted by atomic mass is 9.92. The van der Waals surface area contributed by atoms with Gasteiger partial charge in [0, 0.05) is 48.6 Å². The first kappa shape index (κ1) is 24.7. The van der Waals surface area contributed by atoms with Crippen LogP contribution in [0.4, 0.5) is 5.69 Å². The van der Waals surface area contributed by atoms with Gasteiger partial charge < -0.3 is 20.0 Å². The van der Waals surface area contributed by atoms with Crippen LogP contribution in [-0.4, -0.2) is 71.0 Å². The molecule has 1 aromatic heterocycles. The highest BCUT2D eigenvalue weighted by Gasteiger charge is 2.25. The number of nitrogens with zero attached hydrogens (tertiary/aromatic N) is 4. The third-order valence-electron chi connectivity index (χ3n) is 6.11. The average Bonchev–Trinajstić information content (AvgIpc) is 3.23. The molecule has 0 unspecified atom stereocenters. The number of hydrogen-bond acceptors (Lipinski definition) is 7. The van der Waals surface area contributed by atoms with Crippen LogP contribution in [0.3, 0.4) is 0 Å². The Labute approximate surface area is 205 Å². The number of fused-ring (bicyclic) bond motifs is 1. The first-order valence-electron chi connectivity index (χ1n) is 11.8. The van der Waals surface area contributed by atoms with Crippen LogP contribution in [0, 0.1) is 0 Å². The van der Waals surface area contributed by atoms with Gasteiger partial charge in [-0.15, -0.1) is 0 Å². The van der Waals surface area contributed by atoms with E-state index in [1.165, 1.54) is 0 Å². The Bertz CT molecular complexity index is 1220. The van der Waals surface area contributed by atoms with Crippen molar-refractivity contribution in [3.8, 4) is 5.75 Å². The van der Waals surface area contributed by atoms with Crippen molar-refractivity contribution in [1.82, 2.24) is 14.7 Å². The van der Waals surface area contributed by atoms with E-state index in [0.29, 0.717) is 18.0 Å². The van der Waals surface area contributed by atoms with Gasteiger partial charge in [-0.2, -0.15) is 5.10 Å². The lowest BCUT2D eigenvalue weighted by molar-refractivity contribution is -0.110. The first-order valence-corrected chi connectivity index (χ1v) is 11.8. The van der Waals surface area contributed by atoms with Crippen molar-refractivity contribution in [2.45, 2.75) is 26.2 Å². The van der Waals surface area contributed by atoms with E-state index in [0.717, 1.165) is 55.1 Å². The molecule has 1 aliphatic rings. The fraction of sp³-hybridized carbons (Fsp3) is 0.423. The second-order valence-electron chi connectivity index (χ2n) is 9.65. The summed E-state index contributed by atoms with van der Waals surface area (Å²) < 4.78 is 13.1. The molecule has 0 spiro atoms. The van der Waals surface area contributed by atoms with Crippen molar-refractivity contribution in [3.63, 3.8) is 0 Å². The summed E-state index contributed by atoms with van der Waals surface area (Å²) >= 11 is 0. The van der Waals surface area contributed by atoms with Gasteiger partial charge in [0.25, 0.3) is 5.91 Å². The molecular weight excluding hydrogens is 446 g/mol. The number of carbonyl (C=O) groups excluding carboxylic acids is 1. The molecule has 4 rings (SSSR count). The van der Waals surface area contributed by atoms with Crippen molar-refractivity contribution in [3.05, 3.63) is 53.9 Å². The number of nitrogens with one attached hydrogen (secondary N) is 1. The molecule has 3 aromatic rings. The Morgan fingerprint density at radius 3 is 2.54 bits per heavy atom. The Hall–Kier alpha value is -3.43. The van der Waals surface area contributed by atoms with Gasteiger partial charge in [-0.25, -0.2) is 0 Å². The van der Waals surface area contributed by atoms with E-state index in [2.05, 4.69) is 20.5 Å². The molecule has 1 saturated heterocycles. The maximum Gasteiger partial charge on any atom is 0.279 e. The molecule has 35 heavy (non-hydrogen) atoms. The summed E-state index contributed by atoms with van der Waals surface area (Å²) in [6.07, 6.45) is 0. The summed E-state index contributed by atoms with van der Waals surface area (Å²) in [4.78, 5) is 15.5. The van der Waals surface area contributed by atoms with Gasteiger partial charge in [-0.3, -0.25) is 14.4 Å². The van der Waals surface area contributed by atoms with Crippen LogP contribution in [0.5, 0.6) is 5.75 Å². The molecule has 0 atom stereocenters. The molecule has 0 bridgehead atoms. The Balaban J connectivity index is 1.52. The zero-order chi connectivity index (χ0) is 25.0. The van der Waals surface area contributed by atoms with Crippen LogP contribution in [0.25, 0.3) is 10.8 Å². The fourth-order valence-electron chi connectivity index (χ4n) is 4.07. The lowest BCUT2D eigenvalue weighted by Gasteiger charge is -2.26. The molecule has 186 valence electrons. The van der Waals surface area contributed by atoms with Crippen LogP contribution >= 0.6 is 0 Å². The number of anilines is 1. The number of aryl methyl sites for hydroxylation is 1. The number of carbonyl (C=O) groups is 1. The topological polar surface area (TPSA) is 101 Å². The number of ether oxygens (including phenoxy) is 2. The summed E-state index contributed by atoms with van der Waals surface area (Å²) in [5.41, 5.74) is 1.52. The van der Waals surface area contributed by atoms with Crippen molar-refractivity contribution in [2.24, 2.45) is 12.2 Å². The van der Waals surface area contributed by atoms with E-state index >= 15 is 0 Å². The van der Waals surface area contributed by atoms with E-state index in [1.807, 2.05) is 57.2 Å². The second kappa shape index (κ2) is 10.5. The van der Waals surface area contributed by atoms with E-state index in [9.17, 15) is 10.0 Å². The summed E-state index contributed by atoms with van der Waals surface area (Å²) in [6.45, 7) is 10.8. The molecule has 1 aliphatic heterocycles. The molecule has 2 aromatic carbocycles. The van der Waals surface area contributed by atoms with E-state index in [-0.39, 0.29) is 11.1 Å². The largest absolute Gasteiger partial charge is 0.492 e. The third-order valence-corrected chi connectivity index (χ3v) is 6.11. The van der Waals surface area contributed by atoms with Crippen molar-refractivity contribution in [1.29, 1.82) is 0 Å². The Morgan fingerprint density at radius 1 is 1.17 bits per heavy atom. The van der Waals surface area contributed by atoms with Gasteiger partial charge >= 0.3 is 0 Å². The quantitative estimate of drug-likeness (QED) is 0.306. The van der Waals surface area contributed by atoms with Crippen LogP contribution in [-0.2, 0) is 22.0 Å². The molecule has 9 heteroatoms. The molecule has 0 saturated carbocycles. The summed E-state index contributed by atoms with van der Waals surface area (Å²) in [6, 6.07) is 13.2. The molecule has 0 radical (unpaired) electrons. The Kier molecular flexibility index (Phi) is 7.37. The average molecular weight is 480 g/mol. The van der Waals surface area contributed by atoms with Crippen molar-refractivity contribution < 1.29 is 19.5 Å². The Morgan fingerprint density at radius 2 is 1.89 bits per heavy atom. The number of morpholine rings is 1. The second-order valence-corrected chi connectivity index (χ2v) is 9.65. The zero-order valence-electron chi connectivity index (χ0n) is 20.7. The summed E-state index contributed by atoms with van der Waals surface area (Å²) in [7, 11) is 1.72. The highest BCUT2D eigenvalue weighted by atomic mass is 16.5. The third kappa shape index (κ3) is 5.63. The van der Waals surface area contributed by atoms with Gasteiger partial charge in [-0.1, -0.05) is 50.2 Å². The number of amides is 1. The predicted molar refractivity (Wildman–Crippen MR) is 136 cm³/mol. The zero-order valence-corrected chi connectivity index (χ0v) is 20.7. The van der Waals surface area contributed by atoms with Crippen LogP contribution in [0.1, 0.15) is 32.2 Å². The summed E-state index contributed by atoms with van der Waals surface area (Å²) in [5, 5.41) is 22.1. The molecule has 2 heterocycles. The monoisotopic (exact) mass is 479 g/mol. The fourth-order valence-corrected chi connectivity index (χ4v) is 4.07. The molecule has 1 fully saturated rings. The molecular formula is C26H33N5O4. The summed E-state index contributed by atoms with van der Waals surface area (Å²) in [5.74, 6) is 0.228. The van der Waals surface area contributed by atoms with Crippen LogP contribution in [0.15, 0.2) is 47.6 Å². The number of hydrogen-bond donors (Lipinski definition) is 2.